The van der Waals surface area contributed by atoms with Crippen molar-refractivity contribution >= 4 is 38.9 Å². The van der Waals surface area contributed by atoms with Gasteiger partial charge >= 0.3 is 0 Å². The van der Waals surface area contributed by atoms with Crippen molar-refractivity contribution in [2.24, 2.45) is 0 Å². The molecule has 0 aromatic heterocycles. The van der Waals surface area contributed by atoms with Crippen molar-refractivity contribution in [1.82, 2.24) is 0 Å². The molecule has 1 N–H and O–H groups in total. The molecule has 3 rings (SSSR count). The molecular weight excluding hydrogens is 424 g/mol. The Labute approximate surface area is 183 Å². The zero-order valence-electron chi connectivity index (χ0n) is 17.6. The van der Waals surface area contributed by atoms with E-state index in [2.05, 4.69) is 26.1 Å². The smallest absolute Gasteiger partial charge is 0.265 e. The highest BCUT2D eigenvalue weighted by atomic mass is 35.5. The minimum atomic E-state index is -3.32. The second kappa shape index (κ2) is 8.47. The summed E-state index contributed by atoms with van der Waals surface area (Å²) < 4.78 is 31.5. The number of ether oxygens (including phenoxy) is 1. The number of carbonyl (C=O) groups excluding carboxylic acids is 1. The second-order valence-corrected chi connectivity index (χ2v) is 10.9. The molecule has 0 saturated carbocycles. The molecule has 1 amide bonds. The fraction of sp³-hybridized carbons (Fsp3) is 0.409. The number of sulfonamides is 1. The first kappa shape index (κ1) is 22.4. The molecule has 1 aliphatic heterocycles. The van der Waals surface area contributed by atoms with Crippen LogP contribution in [0.3, 0.4) is 0 Å². The molecule has 0 aliphatic carbocycles. The SMILES string of the molecule is CC(Oc1cccc(C(C)(C)C)c1)C(=O)Nc1cc(N2CCCS2(=O)=O)ccc1Cl. The fourth-order valence-electron chi connectivity index (χ4n) is 3.22. The maximum Gasteiger partial charge on any atom is 0.265 e. The Hall–Kier alpha value is -2.25. The van der Waals surface area contributed by atoms with Crippen LogP contribution in [-0.2, 0) is 20.2 Å². The highest BCUT2D eigenvalue weighted by Gasteiger charge is 2.29. The average Bonchev–Trinajstić information content (AvgIpc) is 3.02. The lowest BCUT2D eigenvalue weighted by molar-refractivity contribution is -0.122. The molecule has 0 bridgehead atoms. The van der Waals surface area contributed by atoms with E-state index in [4.69, 9.17) is 16.3 Å². The molecule has 0 spiro atoms. The van der Waals surface area contributed by atoms with Crippen LogP contribution in [0, 0.1) is 0 Å². The summed E-state index contributed by atoms with van der Waals surface area (Å²) in [5.41, 5.74) is 1.91. The van der Waals surface area contributed by atoms with Gasteiger partial charge in [-0.2, -0.15) is 0 Å². The number of anilines is 2. The summed E-state index contributed by atoms with van der Waals surface area (Å²) in [6.07, 6.45) is -0.194. The van der Waals surface area contributed by atoms with E-state index < -0.39 is 16.1 Å². The summed E-state index contributed by atoms with van der Waals surface area (Å²) >= 11 is 6.23. The standard InChI is InChI=1S/C22H27ClN2O4S/c1-15(29-18-8-5-7-16(13-18)22(2,3)4)21(26)24-20-14-17(9-10-19(20)23)25-11-6-12-30(25,27)28/h5,7-10,13-15H,6,11-12H2,1-4H3,(H,24,26). The van der Waals surface area contributed by atoms with Gasteiger partial charge in [0, 0.05) is 6.54 Å². The van der Waals surface area contributed by atoms with Crippen molar-refractivity contribution in [2.75, 3.05) is 21.9 Å². The molecule has 1 fully saturated rings. The van der Waals surface area contributed by atoms with Crippen LogP contribution in [0.4, 0.5) is 11.4 Å². The van der Waals surface area contributed by atoms with Crippen LogP contribution in [-0.4, -0.2) is 32.7 Å². The minimum absolute atomic E-state index is 0.0330. The summed E-state index contributed by atoms with van der Waals surface area (Å²) in [6.45, 7) is 8.40. The third-order valence-corrected chi connectivity index (χ3v) is 7.18. The molecule has 1 aliphatic rings. The lowest BCUT2D eigenvalue weighted by atomic mass is 9.87. The van der Waals surface area contributed by atoms with Crippen molar-refractivity contribution in [3.8, 4) is 5.75 Å². The molecular formula is C22H27ClN2O4S. The Bertz CT molecular complexity index is 1050. The van der Waals surface area contributed by atoms with E-state index in [-0.39, 0.29) is 17.1 Å². The predicted octanol–water partition coefficient (Wildman–Crippen LogP) is 4.58. The van der Waals surface area contributed by atoms with E-state index in [1.54, 1.807) is 25.1 Å². The molecule has 1 unspecified atom stereocenters. The Morgan fingerprint density at radius 3 is 2.57 bits per heavy atom. The van der Waals surface area contributed by atoms with Crippen LogP contribution in [0.5, 0.6) is 5.75 Å². The maximum atomic E-state index is 12.7. The summed E-state index contributed by atoms with van der Waals surface area (Å²) in [4.78, 5) is 12.7. The summed E-state index contributed by atoms with van der Waals surface area (Å²) in [6, 6.07) is 12.5. The first-order valence-corrected chi connectivity index (χ1v) is 11.8. The van der Waals surface area contributed by atoms with Crippen molar-refractivity contribution in [3.63, 3.8) is 0 Å². The quantitative estimate of drug-likeness (QED) is 0.723. The molecule has 1 heterocycles. The second-order valence-electron chi connectivity index (χ2n) is 8.43. The third kappa shape index (κ3) is 5.08. The maximum absolute atomic E-state index is 12.7. The van der Waals surface area contributed by atoms with Gasteiger partial charge in [-0.1, -0.05) is 44.5 Å². The van der Waals surface area contributed by atoms with Crippen LogP contribution < -0.4 is 14.4 Å². The zero-order valence-corrected chi connectivity index (χ0v) is 19.2. The van der Waals surface area contributed by atoms with Gasteiger partial charge in [-0.05, 0) is 54.7 Å². The van der Waals surface area contributed by atoms with Gasteiger partial charge in [0.25, 0.3) is 5.91 Å². The van der Waals surface area contributed by atoms with Gasteiger partial charge in [-0.3, -0.25) is 9.10 Å². The first-order chi connectivity index (χ1) is 14.0. The number of nitrogens with zero attached hydrogens (tertiary/aromatic N) is 1. The number of halogens is 1. The van der Waals surface area contributed by atoms with E-state index in [0.717, 1.165) is 5.56 Å². The van der Waals surface area contributed by atoms with Crippen LogP contribution in [0.2, 0.25) is 5.02 Å². The van der Waals surface area contributed by atoms with E-state index in [1.807, 2.05) is 24.3 Å². The normalized spacial score (nSPS) is 16.9. The first-order valence-electron chi connectivity index (χ1n) is 9.85. The average molecular weight is 451 g/mol. The van der Waals surface area contributed by atoms with E-state index >= 15 is 0 Å². The summed E-state index contributed by atoms with van der Waals surface area (Å²) in [7, 11) is -3.32. The lowest BCUT2D eigenvalue weighted by Gasteiger charge is -2.21. The summed E-state index contributed by atoms with van der Waals surface area (Å²) in [5.74, 6) is 0.350. The van der Waals surface area contributed by atoms with Crippen LogP contribution in [0.25, 0.3) is 0 Å². The largest absolute Gasteiger partial charge is 0.481 e. The van der Waals surface area contributed by atoms with Crippen molar-refractivity contribution in [3.05, 3.63) is 53.1 Å². The predicted molar refractivity (Wildman–Crippen MR) is 121 cm³/mol. The molecule has 6 nitrogen and oxygen atoms in total. The van der Waals surface area contributed by atoms with Gasteiger partial charge in [-0.15, -0.1) is 0 Å². The van der Waals surface area contributed by atoms with Gasteiger partial charge in [0.15, 0.2) is 6.10 Å². The van der Waals surface area contributed by atoms with Gasteiger partial charge in [-0.25, -0.2) is 8.42 Å². The number of rotatable bonds is 5. The van der Waals surface area contributed by atoms with Crippen LogP contribution >= 0.6 is 11.6 Å². The Balaban J connectivity index is 1.73. The zero-order chi connectivity index (χ0) is 22.1. The highest BCUT2D eigenvalue weighted by molar-refractivity contribution is 7.93. The van der Waals surface area contributed by atoms with Gasteiger partial charge in [0.2, 0.25) is 10.0 Å². The van der Waals surface area contributed by atoms with Gasteiger partial charge in [0.1, 0.15) is 5.75 Å². The topological polar surface area (TPSA) is 75.7 Å². The van der Waals surface area contributed by atoms with Gasteiger partial charge < -0.3 is 10.1 Å². The lowest BCUT2D eigenvalue weighted by Crippen LogP contribution is -2.30. The van der Waals surface area contributed by atoms with Crippen molar-refractivity contribution in [2.45, 2.75) is 45.6 Å². The van der Waals surface area contributed by atoms with Gasteiger partial charge in [0.05, 0.1) is 22.2 Å². The molecule has 30 heavy (non-hydrogen) atoms. The van der Waals surface area contributed by atoms with Crippen LogP contribution in [0.1, 0.15) is 39.7 Å². The molecule has 162 valence electrons. The number of hydrogen-bond acceptors (Lipinski definition) is 4. The van der Waals surface area contributed by atoms with Crippen molar-refractivity contribution in [1.29, 1.82) is 0 Å². The van der Waals surface area contributed by atoms with E-state index in [9.17, 15) is 13.2 Å². The van der Waals surface area contributed by atoms with Crippen molar-refractivity contribution < 1.29 is 17.9 Å². The number of amides is 1. The van der Waals surface area contributed by atoms with Crippen LogP contribution in [0.15, 0.2) is 42.5 Å². The Kier molecular flexibility index (Phi) is 6.34. The molecule has 0 radical (unpaired) electrons. The molecule has 8 heteroatoms. The Morgan fingerprint density at radius 1 is 1.20 bits per heavy atom. The number of nitrogens with one attached hydrogen (secondary N) is 1. The molecule has 2 aromatic carbocycles. The fourth-order valence-corrected chi connectivity index (χ4v) is 4.94. The monoisotopic (exact) mass is 450 g/mol. The number of carbonyl (C=O) groups is 1. The molecule has 2 aromatic rings. The van der Waals surface area contributed by atoms with E-state index in [1.165, 1.54) is 4.31 Å². The highest BCUT2D eigenvalue weighted by Crippen LogP contribution is 2.31. The Morgan fingerprint density at radius 2 is 1.93 bits per heavy atom. The molecule has 1 atom stereocenters. The minimum Gasteiger partial charge on any atom is -0.481 e. The summed E-state index contributed by atoms with van der Waals surface area (Å²) in [5, 5.41) is 3.07. The number of hydrogen-bond donors (Lipinski definition) is 1. The molecule has 1 saturated heterocycles. The number of benzene rings is 2. The van der Waals surface area contributed by atoms with E-state index in [0.29, 0.717) is 35.1 Å². The third-order valence-electron chi connectivity index (χ3n) is 4.98.